The molecule has 0 spiro atoms. The standard InChI is InChI=1S/C19H20F2N2O4/c1-25-16-7-6-12(10-17(16)27-19(20)21)22-11-18(24)23-14-8-9-26-15-5-3-2-4-13(14)15/h2-7,10,14,19,22H,8-9,11H2,1H3,(H,23,24)/t14-/m0/s1. The number of anilines is 1. The fourth-order valence-electron chi connectivity index (χ4n) is 2.89. The molecule has 0 bridgehead atoms. The Morgan fingerprint density at radius 3 is 2.85 bits per heavy atom. The van der Waals surface area contributed by atoms with Crippen molar-refractivity contribution < 1.29 is 27.8 Å². The second-order valence-corrected chi connectivity index (χ2v) is 5.89. The van der Waals surface area contributed by atoms with Gasteiger partial charge in [0.2, 0.25) is 5.91 Å². The number of methoxy groups -OCH3 is 1. The van der Waals surface area contributed by atoms with E-state index in [1.165, 1.54) is 19.2 Å². The van der Waals surface area contributed by atoms with E-state index >= 15 is 0 Å². The van der Waals surface area contributed by atoms with Crippen LogP contribution in [-0.4, -0.2) is 32.8 Å². The molecule has 1 amide bonds. The monoisotopic (exact) mass is 378 g/mol. The maximum atomic E-state index is 12.5. The molecule has 27 heavy (non-hydrogen) atoms. The third-order valence-electron chi connectivity index (χ3n) is 4.13. The van der Waals surface area contributed by atoms with E-state index in [2.05, 4.69) is 15.4 Å². The van der Waals surface area contributed by atoms with E-state index in [4.69, 9.17) is 9.47 Å². The highest BCUT2D eigenvalue weighted by atomic mass is 19.3. The first-order valence-electron chi connectivity index (χ1n) is 8.44. The minimum Gasteiger partial charge on any atom is -0.493 e. The van der Waals surface area contributed by atoms with E-state index in [0.717, 1.165) is 11.3 Å². The van der Waals surface area contributed by atoms with E-state index in [1.807, 2.05) is 24.3 Å². The highest BCUT2D eigenvalue weighted by Gasteiger charge is 2.22. The SMILES string of the molecule is COc1ccc(NCC(=O)N[C@H]2CCOc3ccccc32)cc1OC(F)F. The Kier molecular flexibility index (Phi) is 5.95. The van der Waals surface area contributed by atoms with Crippen LogP contribution in [0.15, 0.2) is 42.5 Å². The van der Waals surface area contributed by atoms with Gasteiger partial charge in [-0.15, -0.1) is 0 Å². The normalized spacial score (nSPS) is 15.5. The van der Waals surface area contributed by atoms with Crippen LogP contribution in [0.4, 0.5) is 14.5 Å². The summed E-state index contributed by atoms with van der Waals surface area (Å²) >= 11 is 0. The summed E-state index contributed by atoms with van der Waals surface area (Å²) in [5.74, 6) is 0.634. The van der Waals surface area contributed by atoms with Crippen LogP contribution in [0.2, 0.25) is 0 Å². The lowest BCUT2D eigenvalue weighted by Gasteiger charge is -2.26. The van der Waals surface area contributed by atoms with E-state index in [0.29, 0.717) is 18.7 Å². The molecule has 1 heterocycles. The lowest BCUT2D eigenvalue weighted by molar-refractivity contribution is -0.120. The van der Waals surface area contributed by atoms with Crippen LogP contribution in [-0.2, 0) is 4.79 Å². The molecule has 0 aliphatic carbocycles. The smallest absolute Gasteiger partial charge is 0.387 e. The molecule has 2 aromatic rings. The van der Waals surface area contributed by atoms with Crippen LogP contribution in [0.1, 0.15) is 18.0 Å². The van der Waals surface area contributed by atoms with Gasteiger partial charge in [-0.25, -0.2) is 0 Å². The Bertz CT molecular complexity index is 801. The fourth-order valence-corrected chi connectivity index (χ4v) is 2.89. The Balaban J connectivity index is 1.60. The number of carbonyl (C=O) groups excluding carboxylic acids is 1. The van der Waals surface area contributed by atoms with E-state index in [-0.39, 0.29) is 30.0 Å². The van der Waals surface area contributed by atoms with Gasteiger partial charge in [0.1, 0.15) is 5.75 Å². The largest absolute Gasteiger partial charge is 0.493 e. The summed E-state index contributed by atoms with van der Waals surface area (Å²) in [5, 5.41) is 5.86. The van der Waals surface area contributed by atoms with Crippen molar-refractivity contribution in [3.63, 3.8) is 0 Å². The molecule has 0 saturated heterocycles. The van der Waals surface area contributed by atoms with Gasteiger partial charge in [0.05, 0.1) is 26.3 Å². The molecule has 1 aliphatic rings. The van der Waals surface area contributed by atoms with Crippen LogP contribution in [0.3, 0.4) is 0 Å². The molecule has 0 radical (unpaired) electrons. The van der Waals surface area contributed by atoms with Crippen molar-refractivity contribution in [2.24, 2.45) is 0 Å². The number of para-hydroxylation sites is 1. The average molecular weight is 378 g/mol. The number of nitrogens with one attached hydrogen (secondary N) is 2. The third kappa shape index (κ3) is 4.78. The molecule has 144 valence electrons. The zero-order valence-electron chi connectivity index (χ0n) is 14.7. The molecule has 1 atom stereocenters. The van der Waals surface area contributed by atoms with Gasteiger partial charge in [0.25, 0.3) is 0 Å². The molecule has 0 aromatic heterocycles. The Morgan fingerprint density at radius 2 is 2.07 bits per heavy atom. The molecule has 2 N–H and O–H groups in total. The minimum atomic E-state index is -2.97. The van der Waals surface area contributed by atoms with Crippen molar-refractivity contribution in [1.82, 2.24) is 5.32 Å². The number of benzene rings is 2. The Morgan fingerprint density at radius 1 is 1.26 bits per heavy atom. The van der Waals surface area contributed by atoms with Crippen molar-refractivity contribution in [3.8, 4) is 17.2 Å². The predicted octanol–water partition coefficient (Wildman–Crippen LogP) is 3.35. The first kappa shape index (κ1) is 18.8. The van der Waals surface area contributed by atoms with Crippen LogP contribution in [0, 0.1) is 0 Å². The summed E-state index contributed by atoms with van der Waals surface area (Å²) in [6, 6.07) is 11.9. The lowest BCUT2D eigenvalue weighted by Crippen LogP contribution is -2.35. The van der Waals surface area contributed by atoms with Gasteiger partial charge >= 0.3 is 6.61 Å². The van der Waals surface area contributed by atoms with Gasteiger partial charge in [0.15, 0.2) is 11.5 Å². The van der Waals surface area contributed by atoms with E-state index in [9.17, 15) is 13.6 Å². The third-order valence-corrected chi connectivity index (χ3v) is 4.13. The molecule has 3 rings (SSSR count). The maximum absolute atomic E-state index is 12.5. The van der Waals surface area contributed by atoms with Gasteiger partial charge in [-0.2, -0.15) is 8.78 Å². The molecule has 1 aliphatic heterocycles. The number of hydrogen-bond acceptors (Lipinski definition) is 5. The molecule has 0 unspecified atom stereocenters. The van der Waals surface area contributed by atoms with Crippen LogP contribution >= 0.6 is 0 Å². The molecule has 6 nitrogen and oxygen atoms in total. The number of ether oxygens (including phenoxy) is 3. The molecular formula is C19H20F2N2O4. The fraction of sp³-hybridized carbons (Fsp3) is 0.316. The second kappa shape index (κ2) is 8.57. The zero-order chi connectivity index (χ0) is 19.2. The van der Waals surface area contributed by atoms with Gasteiger partial charge in [-0.3, -0.25) is 4.79 Å². The minimum absolute atomic E-state index is 0.0139. The summed E-state index contributed by atoms with van der Waals surface area (Å²) in [6.45, 7) is -2.45. The molecule has 8 heteroatoms. The highest BCUT2D eigenvalue weighted by Crippen LogP contribution is 2.32. The number of halogens is 2. The average Bonchev–Trinajstić information content (AvgIpc) is 2.66. The van der Waals surface area contributed by atoms with Crippen molar-refractivity contribution in [3.05, 3.63) is 48.0 Å². The number of fused-ring (bicyclic) bond motifs is 1. The van der Waals surface area contributed by atoms with Crippen LogP contribution in [0.25, 0.3) is 0 Å². The van der Waals surface area contributed by atoms with Crippen LogP contribution in [0.5, 0.6) is 17.2 Å². The zero-order valence-corrected chi connectivity index (χ0v) is 14.7. The number of hydrogen-bond donors (Lipinski definition) is 2. The topological polar surface area (TPSA) is 68.8 Å². The van der Waals surface area contributed by atoms with Crippen molar-refractivity contribution in [1.29, 1.82) is 0 Å². The second-order valence-electron chi connectivity index (χ2n) is 5.89. The number of alkyl halides is 2. The quantitative estimate of drug-likeness (QED) is 0.773. The van der Waals surface area contributed by atoms with Gasteiger partial charge < -0.3 is 24.8 Å². The number of rotatable bonds is 7. The predicted molar refractivity (Wildman–Crippen MR) is 95.6 cm³/mol. The van der Waals surface area contributed by atoms with Crippen molar-refractivity contribution >= 4 is 11.6 Å². The first-order chi connectivity index (χ1) is 13.1. The Labute approximate surface area is 155 Å². The first-order valence-corrected chi connectivity index (χ1v) is 8.44. The van der Waals surface area contributed by atoms with E-state index in [1.54, 1.807) is 6.07 Å². The maximum Gasteiger partial charge on any atom is 0.387 e. The van der Waals surface area contributed by atoms with Gasteiger partial charge in [-0.1, -0.05) is 18.2 Å². The summed E-state index contributed by atoms with van der Waals surface area (Å²) in [4.78, 5) is 12.3. The van der Waals surface area contributed by atoms with Crippen LogP contribution < -0.4 is 24.8 Å². The molecule has 0 fully saturated rings. The summed E-state index contributed by atoms with van der Waals surface area (Å²) in [7, 11) is 1.36. The van der Waals surface area contributed by atoms with Crippen molar-refractivity contribution in [2.75, 3.05) is 25.6 Å². The number of carbonyl (C=O) groups is 1. The summed E-state index contributed by atoms with van der Waals surface area (Å²) in [5.41, 5.74) is 1.41. The number of amides is 1. The van der Waals surface area contributed by atoms with Gasteiger partial charge in [0, 0.05) is 23.7 Å². The summed E-state index contributed by atoms with van der Waals surface area (Å²) < 4.78 is 40.0. The lowest BCUT2D eigenvalue weighted by atomic mass is 10.0. The molecule has 2 aromatic carbocycles. The van der Waals surface area contributed by atoms with Gasteiger partial charge in [-0.05, 0) is 18.2 Å². The Hall–Kier alpha value is -3.03. The molecular weight excluding hydrogens is 358 g/mol. The van der Waals surface area contributed by atoms with E-state index < -0.39 is 6.61 Å². The highest BCUT2D eigenvalue weighted by molar-refractivity contribution is 5.81. The van der Waals surface area contributed by atoms with Crippen molar-refractivity contribution in [2.45, 2.75) is 19.1 Å². The summed E-state index contributed by atoms with van der Waals surface area (Å²) in [6.07, 6.45) is 0.678. The molecule has 0 saturated carbocycles.